The number of rotatable bonds is 4. The molecule has 0 unspecified atom stereocenters. The van der Waals surface area contributed by atoms with Crippen LogP contribution in [0.15, 0.2) is 54.9 Å². The van der Waals surface area contributed by atoms with Gasteiger partial charge in [-0.1, -0.05) is 18.2 Å². The van der Waals surface area contributed by atoms with Crippen molar-refractivity contribution in [2.75, 3.05) is 11.9 Å². The van der Waals surface area contributed by atoms with Crippen molar-refractivity contribution in [2.24, 2.45) is 0 Å². The van der Waals surface area contributed by atoms with Gasteiger partial charge in [-0.3, -0.25) is 9.59 Å². The monoisotopic (exact) mass is 537 g/mol. The van der Waals surface area contributed by atoms with Crippen LogP contribution < -0.4 is 5.32 Å². The van der Waals surface area contributed by atoms with E-state index in [0.29, 0.717) is 17.3 Å². The number of hydrogen-bond acceptors (Lipinski definition) is 5. The average Bonchev–Trinajstić information content (AvgIpc) is 2.85. The van der Waals surface area contributed by atoms with Crippen molar-refractivity contribution in [3.63, 3.8) is 0 Å². The van der Waals surface area contributed by atoms with E-state index in [1.165, 1.54) is 24.3 Å². The number of carbonyl (C=O) groups excluding carboxylic acids is 2. The van der Waals surface area contributed by atoms with Crippen LogP contribution in [0.2, 0.25) is 0 Å². The van der Waals surface area contributed by atoms with Crippen LogP contribution in [0.4, 0.5) is 36.4 Å². The molecule has 0 fully saturated rings. The van der Waals surface area contributed by atoms with Gasteiger partial charge in [0.15, 0.2) is 0 Å². The SMILES string of the molecule is N#Cc1cc(NC(=O)[C@H]2c3ccccc3C(=O)N(CC(F)(F)F)[C@@H]2c2cnc(C(F)(F)F)nc2)ccc1F. The molecular weight excluding hydrogens is 523 g/mol. The Morgan fingerprint density at radius 3 is 2.32 bits per heavy atom. The zero-order chi connectivity index (χ0) is 27.8. The van der Waals surface area contributed by atoms with Gasteiger partial charge in [-0.15, -0.1) is 0 Å². The average molecular weight is 537 g/mol. The highest BCUT2D eigenvalue weighted by atomic mass is 19.4. The Bertz CT molecular complexity index is 1430. The molecule has 1 aliphatic rings. The molecule has 0 saturated heterocycles. The largest absolute Gasteiger partial charge is 0.451 e. The summed E-state index contributed by atoms with van der Waals surface area (Å²) in [6.07, 6.45) is -8.67. The fourth-order valence-electron chi connectivity index (χ4n) is 4.16. The van der Waals surface area contributed by atoms with Gasteiger partial charge in [0.1, 0.15) is 18.4 Å². The third kappa shape index (κ3) is 5.26. The molecular formula is C24H14F7N5O2. The third-order valence-corrected chi connectivity index (χ3v) is 5.69. The lowest BCUT2D eigenvalue weighted by Crippen LogP contribution is -2.49. The van der Waals surface area contributed by atoms with E-state index in [2.05, 4.69) is 15.3 Å². The fraction of sp³-hybridized carbons (Fsp3) is 0.208. The van der Waals surface area contributed by atoms with Gasteiger partial charge < -0.3 is 10.2 Å². The second-order valence-electron chi connectivity index (χ2n) is 8.19. The highest BCUT2D eigenvalue weighted by Crippen LogP contribution is 2.44. The molecule has 0 radical (unpaired) electrons. The number of hydrogen-bond donors (Lipinski definition) is 1. The molecule has 0 bridgehead atoms. The van der Waals surface area contributed by atoms with Gasteiger partial charge in [0.2, 0.25) is 11.7 Å². The summed E-state index contributed by atoms with van der Waals surface area (Å²) in [4.78, 5) is 33.4. The standard InChI is InChI=1S/C24H14F7N5O2/c25-17-6-5-14(7-12(17)8-32)35-20(37)18-15-3-1-2-4-16(15)21(38)36(11-23(26,27)28)19(18)13-9-33-22(34-10-13)24(29,30)31/h1-7,9-10,18-19H,11H2,(H,35,37)/t18-,19+/m0/s1. The number of nitrogens with one attached hydrogen (secondary N) is 1. The summed E-state index contributed by atoms with van der Waals surface area (Å²) in [6.45, 7) is -1.83. The second kappa shape index (κ2) is 9.73. The van der Waals surface area contributed by atoms with Gasteiger partial charge in [0, 0.05) is 29.2 Å². The van der Waals surface area contributed by atoms with Crippen LogP contribution in [0.1, 0.15) is 44.8 Å². The van der Waals surface area contributed by atoms with E-state index in [1.54, 1.807) is 6.07 Å². The van der Waals surface area contributed by atoms with Crippen LogP contribution in [-0.4, -0.2) is 39.4 Å². The molecule has 196 valence electrons. The molecule has 1 aromatic heterocycles. The van der Waals surface area contributed by atoms with Crippen LogP contribution in [-0.2, 0) is 11.0 Å². The van der Waals surface area contributed by atoms with E-state index in [9.17, 15) is 40.3 Å². The fourth-order valence-corrected chi connectivity index (χ4v) is 4.16. The molecule has 38 heavy (non-hydrogen) atoms. The van der Waals surface area contributed by atoms with Crippen molar-refractivity contribution < 1.29 is 40.3 Å². The Hall–Kier alpha value is -4.54. The molecule has 0 saturated carbocycles. The summed E-state index contributed by atoms with van der Waals surface area (Å²) in [5, 5.41) is 11.4. The summed E-state index contributed by atoms with van der Waals surface area (Å²) in [5.41, 5.74) is -1.08. The van der Waals surface area contributed by atoms with Crippen LogP contribution in [0.25, 0.3) is 0 Å². The number of alkyl halides is 6. The molecule has 1 aliphatic heterocycles. The molecule has 0 aliphatic carbocycles. The maximum Gasteiger partial charge on any atom is 0.451 e. The first-order chi connectivity index (χ1) is 17.8. The number of halogens is 7. The van der Waals surface area contributed by atoms with E-state index in [4.69, 9.17) is 5.26 Å². The van der Waals surface area contributed by atoms with Crippen LogP contribution >= 0.6 is 0 Å². The first-order valence-electron chi connectivity index (χ1n) is 10.7. The van der Waals surface area contributed by atoms with Gasteiger partial charge >= 0.3 is 12.4 Å². The molecule has 2 atom stereocenters. The lowest BCUT2D eigenvalue weighted by atomic mass is 9.79. The maximum atomic E-state index is 13.7. The molecule has 2 amide bonds. The lowest BCUT2D eigenvalue weighted by Gasteiger charge is -2.41. The number of benzene rings is 2. The minimum absolute atomic E-state index is 0.000871. The molecule has 14 heteroatoms. The topological polar surface area (TPSA) is 99.0 Å². The van der Waals surface area contributed by atoms with E-state index in [-0.39, 0.29) is 22.4 Å². The molecule has 3 aromatic rings. The summed E-state index contributed by atoms with van der Waals surface area (Å²) in [7, 11) is 0. The Morgan fingerprint density at radius 2 is 1.71 bits per heavy atom. The van der Waals surface area contributed by atoms with Crippen molar-refractivity contribution in [3.8, 4) is 6.07 Å². The Labute approximate surface area is 209 Å². The predicted octanol–water partition coefficient (Wildman–Crippen LogP) is 4.99. The van der Waals surface area contributed by atoms with Crippen molar-refractivity contribution >= 4 is 17.5 Å². The van der Waals surface area contributed by atoms with Crippen molar-refractivity contribution in [1.29, 1.82) is 5.26 Å². The lowest BCUT2D eigenvalue weighted by molar-refractivity contribution is -0.148. The Balaban J connectivity index is 1.86. The van der Waals surface area contributed by atoms with E-state index >= 15 is 0 Å². The summed E-state index contributed by atoms with van der Waals surface area (Å²) >= 11 is 0. The zero-order valence-electron chi connectivity index (χ0n) is 18.8. The molecule has 1 N–H and O–H groups in total. The smallest absolute Gasteiger partial charge is 0.325 e. The van der Waals surface area contributed by atoms with Crippen molar-refractivity contribution in [1.82, 2.24) is 14.9 Å². The van der Waals surface area contributed by atoms with Gasteiger partial charge in [-0.2, -0.15) is 31.6 Å². The first kappa shape index (κ1) is 26.5. The maximum absolute atomic E-state index is 13.7. The highest BCUT2D eigenvalue weighted by molar-refractivity contribution is 6.04. The number of carbonyl (C=O) groups is 2. The van der Waals surface area contributed by atoms with Gasteiger partial charge in [-0.25, -0.2) is 14.4 Å². The quantitative estimate of drug-likeness (QED) is 0.473. The summed E-state index contributed by atoms with van der Waals surface area (Å²) in [5.74, 6) is -6.11. The number of amides is 2. The van der Waals surface area contributed by atoms with E-state index in [0.717, 1.165) is 18.2 Å². The molecule has 2 aromatic carbocycles. The van der Waals surface area contributed by atoms with Crippen molar-refractivity contribution in [2.45, 2.75) is 24.3 Å². The van der Waals surface area contributed by atoms with Crippen molar-refractivity contribution in [3.05, 3.63) is 88.8 Å². The van der Waals surface area contributed by atoms with E-state index < -0.39 is 59.9 Å². The molecule has 4 rings (SSSR count). The van der Waals surface area contributed by atoms with E-state index in [1.807, 2.05) is 0 Å². The number of anilines is 1. The minimum Gasteiger partial charge on any atom is -0.325 e. The van der Waals surface area contributed by atoms with Gasteiger partial charge in [-0.05, 0) is 29.8 Å². The second-order valence-corrected chi connectivity index (χ2v) is 8.19. The van der Waals surface area contributed by atoms with Crippen LogP contribution in [0.3, 0.4) is 0 Å². The molecule has 2 heterocycles. The minimum atomic E-state index is -4.95. The molecule has 7 nitrogen and oxygen atoms in total. The highest BCUT2D eigenvalue weighted by Gasteiger charge is 2.48. The number of fused-ring (bicyclic) bond motifs is 1. The Kier molecular flexibility index (Phi) is 6.79. The summed E-state index contributed by atoms with van der Waals surface area (Å²) < 4.78 is 93.4. The molecule has 0 spiro atoms. The first-order valence-corrected chi connectivity index (χ1v) is 10.7. The van der Waals surface area contributed by atoms with Crippen LogP contribution in [0, 0.1) is 17.1 Å². The number of aromatic nitrogens is 2. The number of nitriles is 1. The summed E-state index contributed by atoms with van der Waals surface area (Å²) in [6, 6.07) is 8.16. The predicted molar refractivity (Wildman–Crippen MR) is 116 cm³/mol. The van der Waals surface area contributed by atoms with Gasteiger partial charge in [0.05, 0.1) is 17.5 Å². The zero-order valence-corrected chi connectivity index (χ0v) is 18.8. The normalized spacial score (nSPS) is 17.5. The van der Waals surface area contributed by atoms with Gasteiger partial charge in [0.25, 0.3) is 5.91 Å². The Morgan fingerprint density at radius 1 is 1.05 bits per heavy atom. The number of nitrogens with zero attached hydrogens (tertiary/aromatic N) is 4. The third-order valence-electron chi connectivity index (χ3n) is 5.69. The van der Waals surface area contributed by atoms with Crippen LogP contribution in [0.5, 0.6) is 0 Å².